The first kappa shape index (κ1) is 16.5. The molecule has 0 aliphatic heterocycles. The van der Waals surface area contributed by atoms with E-state index in [-0.39, 0.29) is 6.54 Å². The van der Waals surface area contributed by atoms with Crippen molar-refractivity contribution in [2.24, 2.45) is 0 Å². The zero-order valence-corrected chi connectivity index (χ0v) is 11.9. The van der Waals surface area contributed by atoms with Crippen molar-refractivity contribution < 1.29 is 24.6 Å². The molecule has 0 fully saturated rings. The molecule has 1 aromatic carbocycles. The average Bonchev–Trinajstić information content (AvgIpc) is 2.35. The van der Waals surface area contributed by atoms with Crippen molar-refractivity contribution in [1.82, 2.24) is 4.90 Å². The Hall–Kier alpha value is -2.57. The highest BCUT2D eigenvalue weighted by Crippen LogP contribution is 2.15. The predicted molar refractivity (Wildman–Crippen MR) is 76.3 cm³/mol. The molecule has 114 valence electrons. The van der Waals surface area contributed by atoms with Crippen molar-refractivity contribution in [2.75, 3.05) is 25.0 Å². The molecule has 0 radical (unpaired) electrons. The van der Waals surface area contributed by atoms with Gasteiger partial charge in [-0.15, -0.1) is 0 Å². The summed E-state index contributed by atoms with van der Waals surface area (Å²) in [5.41, 5.74) is 2.79. The summed E-state index contributed by atoms with van der Waals surface area (Å²) in [6.45, 7) is 2.39. The van der Waals surface area contributed by atoms with Gasteiger partial charge in [-0.25, -0.2) is 0 Å². The smallest absolute Gasteiger partial charge is 0.323 e. The Balaban J connectivity index is 2.68. The van der Waals surface area contributed by atoms with E-state index in [1.54, 1.807) is 0 Å². The Morgan fingerprint density at radius 2 is 1.67 bits per heavy atom. The van der Waals surface area contributed by atoms with Gasteiger partial charge in [-0.2, -0.15) is 0 Å². The topological polar surface area (TPSA) is 107 Å². The van der Waals surface area contributed by atoms with Gasteiger partial charge in [0.15, 0.2) is 0 Å². The lowest BCUT2D eigenvalue weighted by Gasteiger charge is -2.19. The first-order valence-electron chi connectivity index (χ1n) is 6.32. The molecule has 1 aromatic rings. The molecule has 0 atom stereocenters. The molecule has 7 heteroatoms. The molecule has 7 nitrogen and oxygen atoms in total. The first-order chi connectivity index (χ1) is 9.79. The Bertz CT molecular complexity index is 540. The number of nitrogens with zero attached hydrogens (tertiary/aromatic N) is 1. The molecule has 0 spiro atoms. The number of hydrogen-bond donors (Lipinski definition) is 3. The molecule has 0 unspecified atom stereocenters. The average molecular weight is 294 g/mol. The van der Waals surface area contributed by atoms with Crippen LogP contribution in [0.25, 0.3) is 0 Å². The number of anilines is 1. The van der Waals surface area contributed by atoms with Crippen LogP contribution in [0.2, 0.25) is 0 Å². The number of rotatable bonds is 7. The fraction of sp³-hybridized carbons (Fsp3) is 0.357. The van der Waals surface area contributed by atoms with Gasteiger partial charge in [0.25, 0.3) is 0 Å². The molecule has 0 saturated heterocycles. The standard InChI is InChI=1S/C14H18N2O5/c1-9-3-4-11(10(2)5-9)15-6-12(17)16(7-13(18)19)8-14(20)21/h3-5,15H,6-8H2,1-2H3,(H,18,19)(H,20,21). The monoisotopic (exact) mass is 294 g/mol. The number of aliphatic carboxylic acids is 2. The van der Waals surface area contributed by atoms with Gasteiger partial charge in [-0.1, -0.05) is 17.7 Å². The number of carbonyl (C=O) groups excluding carboxylic acids is 1. The van der Waals surface area contributed by atoms with E-state index in [4.69, 9.17) is 10.2 Å². The van der Waals surface area contributed by atoms with Gasteiger partial charge in [0.05, 0.1) is 6.54 Å². The van der Waals surface area contributed by atoms with E-state index in [0.29, 0.717) is 0 Å². The van der Waals surface area contributed by atoms with Crippen LogP contribution in [0.15, 0.2) is 18.2 Å². The second-order valence-electron chi connectivity index (χ2n) is 4.71. The number of benzene rings is 1. The number of hydrogen-bond acceptors (Lipinski definition) is 4. The predicted octanol–water partition coefficient (Wildman–Crippen LogP) is 0.713. The maximum absolute atomic E-state index is 11.9. The lowest BCUT2D eigenvalue weighted by Crippen LogP contribution is -2.42. The molecule has 1 amide bonds. The van der Waals surface area contributed by atoms with Crippen molar-refractivity contribution in [3.8, 4) is 0 Å². The van der Waals surface area contributed by atoms with Crippen LogP contribution < -0.4 is 5.32 Å². The number of carboxylic acids is 2. The number of carbonyl (C=O) groups is 3. The Labute approximate surface area is 122 Å². The van der Waals surface area contributed by atoms with E-state index >= 15 is 0 Å². The number of aryl methyl sites for hydroxylation is 2. The van der Waals surface area contributed by atoms with Crippen LogP contribution in [-0.2, 0) is 14.4 Å². The molecular formula is C14H18N2O5. The van der Waals surface area contributed by atoms with Crippen molar-refractivity contribution in [3.05, 3.63) is 29.3 Å². The van der Waals surface area contributed by atoms with Crippen LogP contribution in [0.5, 0.6) is 0 Å². The summed E-state index contributed by atoms with van der Waals surface area (Å²) in [5.74, 6) is -3.09. The van der Waals surface area contributed by atoms with Gasteiger partial charge in [-0.05, 0) is 25.5 Å². The third-order valence-electron chi connectivity index (χ3n) is 2.82. The normalized spacial score (nSPS) is 10.0. The molecule has 3 N–H and O–H groups in total. The maximum atomic E-state index is 11.9. The third kappa shape index (κ3) is 5.52. The van der Waals surface area contributed by atoms with Crippen LogP contribution >= 0.6 is 0 Å². The zero-order chi connectivity index (χ0) is 16.0. The van der Waals surface area contributed by atoms with Crippen LogP contribution in [0.3, 0.4) is 0 Å². The second-order valence-corrected chi connectivity index (χ2v) is 4.71. The van der Waals surface area contributed by atoms with Crippen molar-refractivity contribution in [2.45, 2.75) is 13.8 Å². The van der Waals surface area contributed by atoms with Gasteiger partial charge < -0.3 is 20.4 Å². The molecule has 21 heavy (non-hydrogen) atoms. The van der Waals surface area contributed by atoms with Gasteiger partial charge >= 0.3 is 11.9 Å². The molecule has 1 rings (SSSR count). The molecule has 0 aliphatic carbocycles. The van der Waals surface area contributed by atoms with Crippen LogP contribution in [0.1, 0.15) is 11.1 Å². The minimum absolute atomic E-state index is 0.162. The van der Waals surface area contributed by atoms with E-state index in [1.807, 2.05) is 32.0 Å². The SMILES string of the molecule is Cc1ccc(NCC(=O)N(CC(=O)O)CC(=O)O)c(C)c1. The van der Waals surface area contributed by atoms with Crippen molar-refractivity contribution in [3.63, 3.8) is 0 Å². The Kier molecular flexibility index (Phi) is 5.71. The lowest BCUT2D eigenvalue weighted by atomic mass is 10.1. The number of amides is 1. The van der Waals surface area contributed by atoms with Gasteiger partial charge in [-0.3, -0.25) is 14.4 Å². The zero-order valence-electron chi connectivity index (χ0n) is 11.9. The number of carboxylic acid groups (broad SMARTS) is 2. The van der Waals surface area contributed by atoms with E-state index in [9.17, 15) is 14.4 Å². The summed E-state index contributed by atoms with van der Waals surface area (Å²) in [6, 6.07) is 5.64. The summed E-state index contributed by atoms with van der Waals surface area (Å²) in [5, 5.41) is 20.3. The Morgan fingerprint density at radius 3 is 2.14 bits per heavy atom. The molecule has 0 heterocycles. The molecule has 0 aliphatic rings. The highest BCUT2D eigenvalue weighted by atomic mass is 16.4. The molecule has 0 bridgehead atoms. The number of nitrogens with one attached hydrogen (secondary N) is 1. The fourth-order valence-corrected chi connectivity index (χ4v) is 1.85. The quantitative estimate of drug-likeness (QED) is 0.684. The van der Waals surface area contributed by atoms with Gasteiger partial charge in [0.2, 0.25) is 5.91 Å². The maximum Gasteiger partial charge on any atom is 0.323 e. The summed E-state index contributed by atoms with van der Waals surface area (Å²) < 4.78 is 0. The summed E-state index contributed by atoms with van der Waals surface area (Å²) >= 11 is 0. The highest BCUT2D eigenvalue weighted by molar-refractivity contribution is 5.87. The van der Waals surface area contributed by atoms with Crippen LogP contribution in [0, 0.1) is 13.8 Å². The molecular weight excluding hydrogens is 276 g/mol. The van der Waals surface area contributed by atoms with Gasteiger partial charge in [0, 0.05) is 5.69 Å². The molecule has 0 saturated carbocycles. The Morgan fingerprint density at radius 1 is 1.10 bits per heavy atom. The highest BCUT2D eigenvalue weighted by Gasteiger charge is 2.19. The minimum Gasteiger partial charge on any atom is -0.480 e. The third-order valence-corrected chi connectivity index (χ3v) is 2.82. The van der Waals surface area contributed by atoms with Crippen LogP contribution in [-0.4, -0.2) is 52.6 Å². The first-order valence-corrected chi connectivity index (χ1v) is 6.32. The van der Waals surface area contributed by atoms with Crippen LogP contribution in [0.4, 0.5) is 5.69 Å². The summed E-state index contributed by atoms with van der Waals surface area (Å²) in [6.07, 6.45) is 0. The second kappa shape index (κ2) is 7.28. The lowest BCUT2D eigenvalue weighted by molar-refractivity contribution is -0.148. The summed E-state index contributed by atoms with van der Waals surface area (Å²) in [4.78, 5) is 34.0. The van der Waals surface area contributed by atoms with Gasteiger partial charge in [0.1, 0.15) is 13.1 Å². The minimum atomic E-state index is -1.25. The van der Waals surface area contributed by atoms with Crippen molar-refractivity contribution in [1.29, 1.82) is 0 Å². The van der Waals surface area contributed by atoms with Crippen molar-refractivity contribution >= 4 is 23.5 Å². The molecule has 0 aromatic heterocycles. The fourth-order valence-electron chi connectivity index (χ4n) is 1.85. The van der Waals surface area contributed by atoms with E-state index < -0.39 is 30.9 Å². The largest absolute Gasteiger partial charge is 0.480 e. The van der Waals surface area contributed by atoms with E-state index in [2.05, 4.69) is 5.32 Å². The van der Waals surface area contributed by atoms with E-state index in [1.165, 1.54) is 0 Å². The van der Waals surface area contributed by atoms with E-state index in [0.717, 1.165) is 21.7 Å². The summed E-state index contributed by atoms with van der Waals surface area (Å²) in [7, 11) is 0.